The summed E-state index contributed by atoms with van der Waals surface area (Å²) < 4.78 is 0. The molecule has 4 heteroatoms. The highest BCUT2D eigenvalue weighted by Crippen LogP contribution is 2.07. The van der Waals surface area contributed by atoms with Crippen molar-refractivity contribution in [2.75, 3.05) is 13.2 Å². The summed E-state index contributed by atoms with van der Waals surface area (Å²) in [5, 5.41) is 34.9. The van der Waals surface area contributed by atoms with E-state index in [9.17, 15) is 0 Å². The monoisotopic (exact) mass is 163 g/mol. The third-order valence-electron chi connectivity index (χ3n) is 1.54. The molecule has 1 radical (unpaired) electrons. The van der Waals surface area contributed by atoms with Gasteiger partial charge >= 0.3 is 0 Å². The van der Waals surface area contributed by atoms with Crippen LogP contribution >= 0.6 is 0 Å². The molecular formula is C7H15O4. The van der Waals surface area contributed by atoms with Crippen LogP contribution in [0.3, 0.4) is 0 Å². The minimum Gasteiger partial charge on any atom is -0.396 e. The van der Waals surface area contributed by atoms with Crippen LogP contribution in [-0.2, 0) is 0 Å². The highest BCUT2D eigenvalue weighted by molar-refractivity contribution is 4.72. The molecule has 0 aromatic rings. The number of aliphatic hydroxyl groups excluding tert-OH is 4. The SMILES string of the molecule is [CH2]C(O)C(O)CC(CO)CO. The van der Waals surface area contributed by atoms with Crippen LogP contribution in [0.2, 0.25) is 0 Å². The molecule has 0 fully saturated rings. The Labute approximate surface area is 66.1 Å². The van der Waals surface area contributed by atoms with E-state index in [1.54, 1.807) is 0 Å². The Bertz CT molecular complexity index is 90.4. The van der Waals surface area contributed by atoms with Gasteiger partial charge in [0, 0.05) is 19.1 Å². The van der Waals surface area contributed by atoms with Crippen LogP contribution in [-0.4, -0.2) is 45.8 Å². The van der Waals surface area contributed by atoms with Crippen molar-refractivity contribution >= 4 is 0 Å². The molecule has 11 heavy (non-hydrogen) atoms. The fourth-order valence-electron chi connectivity index (χ4n) is 0.705. The minimum absolute atomic E-state index is 0.164. The maximum absolute atomic E-state index is 9.02. The average Bonchev–Trinajstić information content (AvgIpc) is 1.99. The smallest absolute Gasteiger partial charge is 0.0803 e. The lowest BCUT2D eigenvalue weighted by Crippen LogP contribution is -2.28. The van der Waals surface area contributed by atoms with Gasteiger partial charge in [0.2, 0.25) is 0 Å². The van der Waals surface area contributed by atoms with Crippen LogP contribution in [0.15, 0.2) is 0 Å². The largest absolute Gasteiger partial charge is 0.396 e. The van der Waals surface area contributed by atoms with Crippen molar-refractivity contribution in [2.24, 2.45) is 5.92 Å². The van der Waals surface area contributed by atoms with Crippen LogP contribution in [0.5, 0.6) is 0 Å². The van der Waals surface area contributed by atoms with Crippen molar-refractivity contribution in [3.05, 3.63) is 6.92 Å². The quantitative estimate of drug-likeness (QED) is 0.399. The second-order valence-electron chi connectivity index (χ2n) is 2.60. The molecule has 0 heterocycles. The molecule has 67 valence electrons. The van der Waals surface area contributed by atoms with Gasteiger partial charge in [0.1, 0.15) is 0 Å². The maximum atomic E-state index is 9.02. The number of aliphatic hydroxyl groups is 4. The summed E-state index contributed by atoms with van der Waals surface area (Å²) in [5.41, 5.74) is 0. The van der Waals surface area contributed by atoms with Gasteiger partial charge in [0.25, 0.3) is 0 Å². The Balaban J connectivity index is 3.62. The molecule has 0 amide bonds. The van der Waals surface area contributed by atoms with Crippen LogP contribution in [0.1, 0.15) is 6.42 Å². The summed E-state index contributed by atoms with van der Waals surface area (Å²) in [6, 6.07) is 0. The van der Waals surface area contributed by atoms with Gasteiger partial charge in [0.15, 0.2) is 0 Å². The Morgan fingerprint density at radius 3 is 1.82 bits per heavy atom. The second-order valence-corrected chi connectivity index (χ2v) is 2.60. The molecule has 0 aliphatic heterocycles. The first-order valence-electron chi connectivity index (χ1n) is 3.52. The van der Waals surface area contributed by atoms with Crippen molar-refractivity contribution in [2.45, 2.75) is 18.6 Å². The molecule has 0 aliphatic carbocycles. The van der Waals surface area contributed by atoms with Gasteiger partial charge in [-0.3, -0.25) is 0 Å². The molecule has 0 saturated carbocycles. The third-order valence-corrected chi connectivity index (χ3v) is 1.54. The lowest BCUT2D eigenvalue weighted by molar-refractivity contribution is 0.0135. The molecule has 0 spiro atoms. The van der Waals surface area contributed by atoms with Gasteiger partial charge in [-0.1, -0.05) is 0 Å². The van der Waals surface area contributed by atoms with E-state index in [-0.39, 0.29) is 25.6 Å². The average molecular weight is 163 g/mol. The van der Waals surface area contributed by atoms with E-state index >= 15 is 0 Å². The standard InChI is InChI=1S/C7H15O4/c1-5(10)7(11)2-6(3-8)4-9/h5-11H,1-4H2. The first-order chi connectivity index (χ1) is 5.11. The summed E-state index contributed by atoms with van der Waals surface area (Å²) in [6.45, 7) is 2.81. The van der Waals surface area contributed by atoms with Crippen molar-refractivity contribution in [1.29, 1.82) is 0 Å². The normalized spacial score (nSPS) is 16.9. The molecule has 2 atom stereocenters. The van der Waals surface area contributed by atoms with E-state index < -0.39 is 12.2 Å². The summed E-state index contributed by atoms with van der Waals surface area (Å²) in [7, 11) is 0. The summed E-state index contributed by atoms with van der Waals surface area (Å²) >= 11 is 0. The minimum atomic E-state index is -1.06. The number of hydrogen-bond acceptors (Lipinski definition) is 4. The topological polar surface area (TPSA) is 80.9 Å². The van der Waals surface area contributed by atoms with Crippen molar-refractivity contribution in [3.8, 4) is 0 Å². The fourth-order valence-corrected chi connectivity index (χ4v) is 0.705. The highest BCUT2D eigenvalue weighted by Gasteiger charge is 2.16. The number of hydrogen-bond donors (Lipinski definition) is 4. The van der Waals surface area contributed by atoms with E-state index in [1.807, 2.05) is 0 Å². The highest BCUT2D eigenvalue weighted by atomic mass is 16.3. The van der Waals surface area contributed by atoms with Crippen LogP contribution in [0, 0.1) is 12.8 Å². The molecule has 0 aliphatic rings. The van der Waals surface area contributed by atoms with Gasteiger partial charge in [0.05, 0.1) is 12.2 Å². The lowest BCUT2D eigenvalue weighted by atomic mass is 10.0. The van der Waals surface area contributed by atoms with Crippen LogP contribution in [0.25, 0.3) is 0 Å². The summed E-state index contributed by atoms with van der Waals surface area (Å²) in [6.07, 6.45) is -1.87. The molecular weight excluding hydrogens is 148 g/mol. The van der Waals surface area contributed by atoms with E-state index in [2.05, 4.69) is 6.92 Å². The van der Waals surface area contributed by atoms with Gasteiger partial charge in [-0.15, -0.1) is 0 Å². The molecule has 0 rings (SSSR count). The zero-order valence-corrected chi connectivity index (χ0v) is 6.35. The Kier molecular flexibility index (Phi) is 5.41. The fraction of sp³-hybridized carbons (Fsp3) is 0.857. The van der Waals surface area contributed by atoms with Gasteiger partial charge in [-0.2, -0.15) is 0 Å². The lowest BCUT2D eigenvalue weighted by Gasteiger charge is -2.17. The zero-order valence-electron chi connectivity index (χ0n) is 6.35. The predicted octanol–water partition coefficient (Wildman–Crippen LogP) is -1.47. The first kappa shape index (κ1) is 10.8. The van der Waals surface area contributed by atoms with Crippen molar-refractivity contribution in [3.63, 3.8) is 0 Å². The van der Waals surface area contributed by atoms with Crippen molar-refractivity contribution in [1.82, 2.24) is 0 Å². The molecule has 2 unspecified atom stereocenters. The molecule has 0 bridgehead atoms. The van der Waals surface area contributed by atoms with E-state index in [1.165, 1.54) is 0 Å². The zero-order chi connectivity index (χ0) is 8.85. The van der Waals surface area contributed by atoms with Gasteiger partial charge in [-0.25, -0.2) is 0 Å². The van der Waals surface area contributed by atoms with Gasteiger partial charge in [-0.05, 0) is 13.3 Å². The predicted molar refractivity (Wildman–Crippen MR) is 39.6 cm³/mol. The Morgan fingerprint density at radius 2 is 1.55 bits per heavy atom. The van der Waals surface area contributed by atoms with Crippen molar-refractivity contribution < 1.29 is 20.4 Å². The third kappa shape index (κ3) is 4.31. The van der Waals surface area contributed by atoms with Gasteiger partial charge < -0.3 is 20.4 Å². The van der Waals surface area contributed by atoms with E-state index in [0.717, 1.165) is 0 Å². The Hall–Kier alpha value is -0.160. The van der Waals surface area contributed by atoms with Crippen LogP contribution in [0.4, 0.5) is 0 Å². The maximum Gasteiger partial charge on any atom is 0.0803 e. The van der Waals surface area contributed by atoms with E-state index in [0.29, 0.717) is 0 Å². The molecule has 4 N–H and O–H groups in total. The Morgan fingerprint density at radius 1 is 1.09 bits per heavy atom. The summed E-state index contributed by atoms with van der Waals surface area (Å²) in [4.78, 5) is 0. The first-order valence-corrected chi connectivity index (χ1v) is 3.52. The number of rotatable bonds is 5. The molecule has 0 saturated heterocycles. The second kappa shape index (κ2) is 5.49. The molecule has 0 aromatic carbocycles. The summed E-state index contributed by atoms with van der Waals surface area (Å²) in [5.74, 6) is -0.374. The van der Waals surface area contributed by atoms with E-state index in [4.69, 9.17) is 20.4 Å². The molecule has 0 aromatic heterocycles. The molecule has 4 nitrogen and oxygen atoms in total. The van der Waals surface area contributed by atoms with Crippen LogP contribution < -0.4 is 0 Å².